The molecule has 0 spiro atoms. The second kappa shape index (κ2) is 10.00. The lowest BCUT2D eigenvalue weighted by Crippen LogP contribution is -2.36. The third-order valence-corrected chi connectivity index (χ3v) is 4.27. The fourth-order valence-corrected chi connectivity index (χ4v) is 2.93. The lowest BCUT2D eigenvalue weighted by atomic mass is 10.3. The molecule has 25 heavy (non-hydrogen) atoms. The minimum Gasteiger partial charge on any atom is -0.355 e. The maximum Gasteiger partial charge on any atom is 0.233 e. The van der Waals surface area contributed by atoms with Crippen LogP contribution in [0.4, 0.5) is 0 Å². The number of nitrogens with one attached hydrogen (secondary N) is 2. The fraction of sp³-hybridized carbons (Fsp3) is 0.556. The molecule has 1 fully saturated rings. The van der Waals surface area contributed by atoms with Gasteiger partial charge in [0.05, 0.1) is 17.6 Å². The standard InChI is InChI=1S/C18H26N4O.2ClH/c1-13(2)22-16-6-4-3-5-15(16)21-17(22)9-10-20-18(23)12-19-11-14-7-8-14;;/h3-6,13-14,19H,7-12H2,1-2H3,(H,20,23);2*1H. The average Bonchev–Trinajstić information content (AvgIpc) is 3.26. The molecule has 1 amide bonds. The summed E-state index contributed by atoms with van der Waals surface area (Å²) >= 11 is 0. The summed E-state index contributed by atoms with van der Waals surface area (Å²) in [5.74, 6) is 1.90. The van der Waals surface area contributed by atoms with Crippen LogP contribution < -0.4 is 10.6 Å². The van der Waals surface area contributed by atoms with Gasteiger partial charge in [0.1, 0.15) is 5.82 Å². The maximum absolute atomic E-state index is 11.8. The van der Waals surface area contributed by atoms with Gasteiger partial charge in [0.2, 0.25) is 5.91 Å². The number of nitrogens with zero attached hydrogens (tertiary/aromatic N) is 2. The second-order valence-electron chi connectivity index (χ2n) is 6.65. The molecule has 1 aliphatic rings. The Morgan fingerprint density at radius 1 is 1.28 bits per heavy atom. The molecular weight excluding hydrogens is 359 g/mol. The van der Waals surface area contributed by atoms with Crippen molar-refractivity contribution in [3.05, 3.63) is 30.1 Å². The van der Waals surface area contributed by atoms with E-state index in [9.17, 15) is 4.79 Å². The van der Waals surface area contributed by atoms with Crippen molar-refractivity contribution in [2.24, 2.45) is 5.92 Å². The van der Waals surface area contributed by atoms with Crippen molar-refractivity contribution in [2.75, 3.05) is 19.6 Å². The Labute approximate surface area is 161 Å². The largest absolute Gasteiger partial charge is 0.355 e. The van der Waals surface area contributed by atoms with E-state index in [0.29, 0.717) is 19.1 Å². The summed E-state index contributed by atoms with van der Waals surface area (Å²) in [5, 5.41) is 6.20. The van der Waals surface area contributed by atoms with Crippen molar-refractivity contribution < 1.29 is 4.79 Å². The topological polar surface area (TPSA) is 59.0 Å². The number of aromatic nitrogens is 2. The molecule has 0 radical (unpaired) electrons. The quantitative estimate of drug-likeness (QED) is 0.732. The SMILES string of the molecule is CC(C)n1c(CCNC(=O)CNCC2CC2)nc2ccccc21.Cl.Cl. The molecule has 2 N–H and O–H groups in total. The van der Waals surface area contributed by atoms with Crippen LogP contribution in [0.3, 0.4) is 0 Å². The zero-order valence-corrected chi connectivity index (χ0v) is 16.5. The van der Waals surface area contributed by atoms with Gasteiger partial charge in [-0.25, -0.2) is 4.98 Å². The molecule has 1 aromatic heterocycles. The lowest BCUT2D eigenvalue weighted by molar-refractivity contribution is -0.120. The molecule has 0 saturated heterocycles. The first-order valence-corrected chi connectivity index (χ1v) is 8.58. The molecule has 3 rings (SSSR count). The van der Waals surface area contributed by atoms with E-state index in [-0.39, 0.29) is 30.7 Å². The highest BCUT2D eigenvalue weighted by molar-refractivity contribution is 5.85. The van der Waals surface area contributed by atoms with Crippen molar-refractivity contribution in [3.63, 3.8) is 0 Å². The highest BCUT2D eigenvalue weighted by Crippen LogP contribution is 2.27. The van der Waals surface area contributed by atoms with Crippen molar-refractivity contribution in [2.45, 2.75) is 39.2 Å². The first kappa shape index (κ1) is 21.7. The summed E-state index contributed by atoms with van der Waals surface area (Å²) < 4.78 is 2.26. The Morgan fingerprint density at radius 2 is 2.00 bits per heavy atom. The van der Waals surface area contributed by atoms with Gasteiger partial charge >= 0.3 is 0 Å². The molecule has 0 bridgehead atoms. The van der Waals surface area contributed by atoms with Gasteiger partial charge in [0, 0.05) is 19.0 Å². The number of hydrogen-bond acceptors (Lipinski definition) is 3. The Balaban J connectivity index is 0.00000156. The van der Waals surface area contributed by atoms with Crippen LogP contribution in [0.15, 0.2) is 24.3 Å². The molecule has 0 atom stereocenters. The van der Waals surface area contributed by atoms with E-state index in [4.69, 9.17) is 4.98 Å². The number of halogens is 2. The van der Waals surface area contributed by atoms with Crippen LogP contribution in [0.5, 0.6) is 0 Å². The summed E-state index contributed by atoms with van der Waals surface area (Å²) in [7, 11) is 0. The van der Waals surface area contributed by atoms with Gasteiger partial charge in [-0.15, -0.1) is 24.8 Å². The van der Waals surface area contributed by atoms with Crippen LogP contribution in [-0.4, -0.2) is 35.1 Å². The molecule has 1 saturated carbocycles. The van der Waals surface area contributed by atoms with Crippen LogP contribution in [0.1, 0.15) is 38.6 Å². The first-order chi connectivity index (χ1) is 11.1. The number of imidazole rings is 1. The lowest BCUT2D eigenvalue weighted by Gasteiger charge is -2.13. The van der Waals surface area contributed by atoms with Crippen LogP contribution in [-0.2, 0) is 11.2 Å². The van der Waals surface area contributed by atoms with Gasteiger partial charge in [0.25, 0.3) is 0 Å². The van der Waals surface area contributed by atoms with E-state index < -0.39 is 0 Å². The number of benzene rings is 1. The van der Waals surface area contributed by atoms with E-state index in [0.717, 1.165) is 35.7 Å². The fourth-order valence-electron chi connectivity index (χ4n) is 2.93. The van der Waals surface area contributed by atoms with Crippen molar-refractivity contribution in [1.82, 2.24) is 20.2 Å². The predicted octanol–water partition coefficient (Wildman–Crippen LogP) is 3.12. The minimum atomic E-state index is 0. The molecule has 1 aromatic carbocycles. The second-order valence-corrected chi connectivity index (χ2v) is 6.65. The monoisotopic (exact) mass is 386 g/mol. The Bertz CT molecular complexity index is 683. The average molecular weight is 387 g/mol. The highest BCUT2D eigenvalue weighted by atomic mass is 35.5. The van der Waals surface area contributed by atoms with E-state index in [1.165, 1.54) is 12.8 Å². The summed E-state index contributed by atoms with van der Waals surface area (Å²) in [6, 6.07) is 8.55. The molecule has 0 aliphatic heterocycles. The number of hydrogen-bond donors (Lipinski definition) is 2. The minimum absolute atomic E-state index is 0. The third-order valence-electron chi connectivity index (χ3n) is 4.27. The number of para-hydroxylation sites is 2. The molecule has 2 aromatic rings. The van der Waals surface area contributed by atoms with Gasteiger partial charge < -0.3 is 15.2 Å². The molecule has 0 unspecified atom stereocenters. The van der Waals surface area contributed by atoms with Crippen LogP contribution >= 0.6 is 24.8 Å². The zero-order valence-electron chi connectivity index (χ0n) is 14.8. The zero-order chi connectivity index (χ0) is 16.2. The number of rotatable bonds is 8. The number of fused-ring (bicyclic) bond motifs is 1. The van der Waals surface area contributed by atoms with Crippen molar-refractivity contribution in [1.29, 1.82) is 0 Å². The predicted molar refractivity (Wildman–Crippen MR) is 107 cm³/mol. The normalized spacial score (nSPS) is 13.4. The van der Waals surface area contributed by atoms with Gasteiger partial charge in [0.15, 0.2) is 0 Å². The van der Waals surface area contributed by atoms with E-state index in [1.54, 1.807) is 0 Å². The first-order valence-electron chi connectivity index (χ1n) is 8.58. The van der Waals surface area contributed by atoms with Gasteiger partial charge in [-0.2, -0.15) is 0 Å². The van der Waals surface area contributed by atoms with Crippen molar-refractivity contribution in [3.8, 4) is 0 Å². The van der Waals surface area contributed by atoms with Crippen LogP contribution in [0.25, 0.3) is 11.0 Å². The molecule has 5 nitrogen and oxygen atoms in total. The highest BCUT2D eigenvalue weighted by Gasteiger charge is 2.20. The van der Waals surface area contributed by atoms with E-state index in [1.807, 2.05) is 18.2 Å². The molecular formula is C18H28Cl2N4O. The molecule has 7 heteroatoms. The summed E-state index contributed by atoms with van der Waals surface area (Å²) in [5.41, 5.74) is 2.18. The van der Waals surface area contributed by atoms with Crippen LogP contribution in [0.2, 0.25) is 0 Å². The Kier molecular flexibility index (Phi) is 8.69. The number of carbonyl (C=O) groups is 1. The third kappa shape index (κ3) is 5.87. The van der Waals surface area contributed by atoms with Gasteiger partial charge in [-0.3, -0.25) is 4.79 Å². The summed E-state index contributed by atoms with van der Waals surface area (Å²) in [4.78, 5) is 16.5. The molecule has 140 valence electrons. The smallest absolute Gasteiger partial charge is 0.233 e. The number of carbonyl (C=O) groups excluding carboxylic acids is 1. The van der Waals surface area contributed by atoms with E-state index in [2.05, 4.69) is 35.1 Å². The van der Waals surface area contributed by atoms with Gasteiger partial charge in [-0.1, -0.05) is 12.1 Å². The molecule has 1 aliphatic carbocycles. The number of amides is 1. The Hall–Kier alpha value is -1.30. The van der Waals surface area contributed by atoms with E-state index >= 15 is 0 Å². The summed E-state index contributed by atoms with van der Waals surface area (Å²) in [6.45, 7) is 6.34. The summed E-state index contributed by atoms with van der Waals surface area (Å²) in [6.07, 6.45) is 3.36. The molecule has 1 heterocycles. The maximum atomic E-state index is 11.8. The van der Waals surface area contributed by atoms with Crippen LogP contribution in [0, 0.1) is 5.92 Å². The van der Waals surface area contributed by atoms with Gasteiger partial charge in [-0.05, 0) is 51.3 Å². The Morgan fingerprint density at radius 3 is 2.68 bits per heavy atom. The van der Waals surface area contributed by atoms with Crippen molar-refractivity contribution >= 4 is 41.8 Å².